The number of nitrogens with one attached hydrogen (secondary N) is 2. The number of carbonyl (C=O) groups is 1. The zero-order valence-corrected chi connectivity index (χ0v) is 12.5. The zero-order chi connectivity index (χ0) is 15.0. The predicted molar refractivity (Wildman–Crippen MR) is 80.2 cm³/mol. The number of H-pyrrole nitrogens is 1. The van der Waals surface area contributed by atoms with Crippen molar-refractivity contribution in [2.24, 2.45) is 0 Å². The number of hydrogen-bond donors (Lipinski definition) is 2. The second-order valence-electron chi connectivity index (χ2n) is 5.24. The third-order valence-corrected chi connectivity index (χ3v) is 4.21. The number of aryl methyl sites for hydroxylation is 1. The molecule has 108 valence electrons. The van der Waals surface area contributed by atoms with Crippen molar-refractivity contribution in [1.29, 1.82) is 5.26 Å². The first-order chi connectivity index (χ1) is 10.1. The fourth-order valence-corrected chi connectivity index (χ4v) is 3.31. The van der Waals surface area contributed by atoms with Gasteiger partial charge in [-0.05, 0) is 19.3 Å². The van der Waals surface area contributed by atoms with Gasteiger partial charge in [-0.2, -0.15) is 5.26 Å². The van der Waals surface area contributed by atoms with Crippen LogP contribution in [-0.2, 0) is 17.8 Å². The van der Waals surface area contributed by atoms with Gasteiger partial charge in [-0.3, -0.25) is 4.79 Å². The van der Waals surface area contributed by atoms with E-state index in [9.17, 15) is 10.1 Å². The van der Waals surface area contributed by atoms with Gasteiger partial charge in [-0.25, -0.2) is 4.98 Å². The van der Waals surface area contributed by atoms with Gasteiger partial charge in [0.25, 0.3) is 0 Å². The summed E-state index contributed by atoms with van der Waals surface area (Å²) in [7, 11) is 0. The van der Waals surface area contributed by atoms with Gasteiger partial charge in [-0.1, -0.05) is 12.2 Å². The molecule has 2 aromatic rings. The molecule has 0 aliphatic carbocycles. The smallest absolute Gasteiger partial charge is 0.217 e. The summed E-state index contributed by atoms with van der Waals surface area (Å²) in [6, 6.07) is 2.41. The van der Waals surface area contributed by atoms with E-state index in [0.29, 0.717) is 10.2 Å². The summed E-state index contributed by atoms with van der Waals surface area (Å²) in [6.07, 6.45) is 3.92. The van der Waals surface area contributed by atoms with Crippen LogP contribution in [-0.4, -0.2) is 26.5 Å². The molecule has 6 nitrogen and oxygen atoms in total. The molecule has 0 spiro atoms. The number of hydrogen-bond acceptors (Lipinski definition) is 4. The molecular formula is C14H15N5OS. The van der Waals surface area contributed by atoms with Gasteiger partial charge < -0.3 is 14.9 Å². The number of amides is 1. The maximum atomic E-state index is 11.2. The van der Waals surface area contributed by atoms with Crippen molar-refractivity contribution in [2.75, 3.05) is 0 Å². The molecule has 1 atom stereocenters. The van der Waals surface area contributed by atoms with Gasteiger partial charge in [-0.15, -0.1) is 0 Å². The Kier molecular flexibility index (Phi) is 3.47. The molecule has 3 heterocycles. The Morgan fingerprint density at radius 3 is 3.14 bits per heavy atom. The normalized spacial score (nSPS) is 17.8. The number of aromatic amines is 1. The van der Waals surface area contributed by atoms with Gasteiger partial charge in [0.15, 0.2) is 4.64 Å². The summed E-state index contributed by atoms with van der Waals surface area (Å²) in [4.78, 5) is 18.4. The molecule has 0 fully saturated rings. The Labute approximate surface area is 126 Å². The number of nitrogens with zero attached hydrogens (tertiary/aromatic N) is 3. The van der Waals surface area contributed by atoms with Crippen LogP contribution in [0.2, 0.25) is 0 Å². The largest absolute Gasteiger partial charge is 0.354 e. The third-order valence-electron chi connectivity index (χ3n) is 3.91. The maximum absolute atomic E-state index is 11.2. The number of carbonyl (C=O) groups excluding carboxylic acids is 1. The fourth-order valence-electron chi connectivity index (χ4n) is 3.05. The molecule has 1 aliphatic heterocycles. The molecule has 1 unspecified atom stereocenters. The molecule has 0 bridgehead atoms. The summed E-state index contributed by atoms with van der Waals surface area (Å²) in [5.74, 6) is -0.0177. The quantitative estimate of drug-likeness (QED) is 0.786. The Bertz CT molecular complexity index is 813. The maximum Gasteiger partial charge on any atom is 0.217 e. The average Bonchev–Trinajstić information content (AvgIpc) is 2.62. The first-order valence-corrected chi connectivity index (χ1v) is 7.28. The molecule has 2 N–H and O–H groups in total. The molecule has 0 saturated heterocycles. The number of aromatic nitrogens is 3. The van der Waals surface area contributed by atoms with E-state index in [1.165, 1.54) is 13.3 Å². The lowest BCUT2D eigenvalue weighted by Gasteiger charge is -2.14. The van der Waals surface area contributed by atoms with Gasteiger partial charge in [0.1, 0.15) is 11.6 Å². The standard InChI is InChI=1S/C14H15N5OS/c1-8(20)18-9-2-3-11-10(6-15)12-13(19(11)5-4-9)14(21)17-7-16-12/h7,9H,2-5H2,1H3,(H,18,20)(H,16,17,21). The van der Waals surface area contributed by atoms with Crippen molar-refractivity contribution >= 4 is 29.2 Å². The molecule has 2 aromatic heterocycles. The van der Waals surface area contributed by atoms with Crippen molar-refractivity contribution in [1.82, 2.24) is 19.9 Å². The average molecular weight is 301 g/mol. The van der Waals surface area contributed by atoms with Gasteiger partial charge in [0, 0.05) is 25.2 Å². The monoisotopic (exact) mass is 301 g/mol. The zero-order valence-electron chi connectivity index (χ0n) is 11.6. The van der Waals surface area contributed by atoms with E-state index in [-0.39, 0.29) is 11.9 Å². The molecule has 7 heteroatoms. The Hall–Kier alpha value is -2.20. The van der Waals surface area contributed by atoms with Crippen LogP contribution in [0.15, 0.2) is 6.33 Å². The van der Waals surface area contributed by atoms with Crippen LogP contribution in [0.25, 0.3) is 11.0 Å². The van der Waals surface area contributed by atoms with E-state index in [1.54, 1.807) is 0 Å². The van der Waals surface area contributed by atoms with Gasteiger partial charge >= 0.3 is 0 Å². The minimum atomic E-state index is -0.0177. The summed E-state index contributed by atoms with van der Waals surface area (Å²) >= 11 is 5.31. The number of rotatable bonds is 1. The van der Waals surface area contributed by atoms with Crippen LogP contribution in [0, 0.1) is 16.0 Å². The second kappa shape index (κ2) is 5.30. The van der Waals surface area contributed by atoms with E-state index in [0.717, 1.165) is 42.5 Å². The Balaban J connectivity index is 2.10. The van der Waals surface area contributed by atoms with Crippen LogP contribution in [0.4, 0.5) is 0 Å². The Morgan fingerprint density at radius 1 is 1.62 bits per heavy atom. The van der Waals surface area contributed by atoms with E-state index < -0.39 is 0 Å². The molecular weight excluding hydrogens is 286 g/mol. The predicted octanol–water partition coefficient (Wildman–Crippen LogP) is 1.81. The Morgan fingerprint density at radius 2 is 2.43 bits per heavy atom. The van der Waals surface area contributed by atoms with Gasteiger partial charge in [0.05, 0.1) is 17.4 Å². The summed E-state index contributed by atoms with van der Waals surface area (Å²) in [6.45, 7) is 2.25. The highest BCUT2D eigenvalue weighted by atomic mass is 32.1. The van der Waals surface area contributed by atoms with Crippen molar-refractivity contribution in [3.8, 4) is 6.07 Å². The highest BCUT2D eigenvalue weighted by Crippen LogP contribution is 2.28. The lowest BCUT2D eigenvalue weighted by molar-refractivity contribution is -0.119. The van der Waals surface area contributed by atoms with Gasteiger partial charge in [0.2, 0.25) is 5.91 Å². The molecule has 0 radical (unpaired) electrons. The SMILES string of the molecule is CC(=O)NC1CCc2c(C#N)c3[nH]cnc(=S)c3n2CC1. The summed E-state index contributed by atoms with van der Waals surface area (Å²) in [5, 5.41) is 12.4. The molecule has 21 heavy (non-hydrogen) atoms. The highest BCUT2D eigenvalue weighted by Gasteiger charge is 2.24. The van der Waals surface area contributed by atoms with Crippen LogP contribution >= 0.6 is 12.2 Å². The van der Waals surface area contributed by atoms with Crippen molar-refractivity contribution in [3.05, 3.63) is 22.2 Å². The van der Waals surface area contributed by atoms with Crippen LogP contribution in [0.1, 0.15) is 31.0 Å². The van der Waals surface area contributed by atoms with Crippen molar-refractivity contribution in [2.45, 2.75) is 38.8 Å². The highest BCUT2D eigenvalue weighted by molar-refractivity contribution is 7.71. The lowest BCUT2D eigenvalue weighted by atomic mass is 10.1. The molecule has 0 saturated carbocycles. The minimum absolute atomic E-state index is 0.0177. The molecule has 0 aromatic carbocycles. The van der Waals surface area contributed by atoms with E-state index in [4.69, 9.17) is 12.2 Å². The molecule has 1 aliphatic rings. The topological polar surface area (TPSA) is 86.5 Å². The first kappa shape index (κ1) is 13.8. The van der Waals surface area contributed by atoms with Crippen LogP contribution in [0.3, 0.4) is 0 Å². The fraction of sp³-hybridized carbons (Fsp3) is 0.429. The van der Waals surface area contributed by atoms with E-state index in [2.05, 4.69) is 25.9 Å². The van der Waals surface area contributed by atoms with E-state index in [1.807, 2.05) is 0 Å². The summed E-state index contributed by atoms with van der Waals surface area (Å²) < 4.78 is 2.59. The lowest BCUT2D eigenvalue weighted by Crippen LogP contribution is -2.33. The number of nitriles is 1. The van der Waals surface area contributed by atoms with Crippen molar-refractivity contribution < 1.29 is 4.79 Å². The number of fused-ring (bicyclic) bond motifs is 3. The molecule has 1 amide bonds. The van der Waals surface area contributed by atoms with E-state index >= 15 is 0 Å². The van der Waals surface area contributed by atoms with Crippen LogP contribution in [0.5, 0.6) is 0 Å². The third kappa shape index (κ3) is 2.32. The summed E-state index contributed by atoms with van der Waals surface area (Å²) in [5.41, 5.74) is 3.21. The first-order valence-electron chi connectivity index (χ1n) is 6.87. The van der Waals surface area contributed by atoms with Crippen LogP contribution < -0.4 is 5.32 Å². The minimum Gasteiger partial charge on any atom is -0.354 e. The second-order valence-corrected chi connectivity index (χ2v) is 5.63. The molecule has 3 rings (SSSR count). The van der Waals surface area contributed by atoms with Crippen molar-refractivity contribution in [3.63, 3.8) is 0 Å².